The molecule has 2 amide bonds. The van der Waals surface area contributed by atoms with Crippen molar-refractivity contribution in [3.8, 4) is 0 Å². The maximum Gasteiger partial charge on any atom is 0.312 e. The van der Waals surface area contributed by atoms with Crippen LogP contribution < -0.4 is 21.7 Å². The van der Waals surface area contributed by atoms with Crippen LogP contribution in [0.3, 0.4) is 0 Å². The monoisotopic (exact) mass is 286 g/mol. The van der Waals surface area contributed by atoms with Crippen molar-refractivity contribution in [1.82, 2.24) is 5.32 Å². The number of nitrogen functional groups attached to an aromatic ring is 1. The smallest absolute Gasteiger partial charge is 0.312 e. The lowest BCUT2D eigenvalue weighted by Crippen LogP contribution is -2.45. The molecule has 0 saturated carbocycles. The Bertz CT molecular complexity index is 565. The molecular formula is C16H22N4O. The van der Waals surface area contributed by atoms with Crippen LogP contribution in [0.2, 0.25) is 0 Å². The fraction of sp³-hybridized carbons (Fsp3) is 0.312. The van der Waals surface area contributed by atoms with Crippen molar-refractivity contribution in [2.45, 2.75) is 25.8 Å². The lowest BCUT2D eigenvalue weighted by atomic mass is 9.97. The molecule has 21 heavy (non-hydrogen) atoms. The molecule has 0 saturated heterocycles. The number of allylic oxidation sites excluding steroid dienone is 2. The summed E-state index contributed by atoms with van der Waals surface area (Å²) in [7, 11) is 0. The largest absolute Gasteiger partial charge is 0.397 e. The van der Waals surface area contributed by atoms with Gasteiger partial charge in [-0.3, -0.25) is 0 Å². The molecule has 1 aromatic rings. The summed E-state index contributed by atoms with van der Waals surface area (Å²) in [6.45, 7) is 2.60. The third-order valence-corrected chi connectivity index (χ3v) is 3.54. The minimum absolute atomic E-state index is 0.0344. The number of para-hydroxylation sites is 2. The Labute approximate surface area is 125 Å². The Morgan fingerprint density at radius 1 is 1.38 bits per heavy atom. The number of anilines is 2. The van der Waals surface area contributed by atoms with E-state index in [0.717, 1.165) is 18.5 Å². The molecule has 1 aromatic carbocycles. The standard InChI is InChI=1S/C16H22N4O/c1-2-6-12-7-5-10-20(15(12)11-19-16(18)21)14-9-4-3-8-13(14)17/h3-5,7-10,15H,2,6,11,17H2,1H3,(H3,18,19,21). The summed E-state index contributed by atoms with van der Waals surface area (Å²) >= 11 is 0. The van der Waals surface area contributed by atoms with Crippen molar-refractivity contribution in [2.24, 2.45) is 5.73 Å². The molecule has 1 aliphatic rings. The average molecular weight is 286 g/mol. The summed E-state index contributed by atoms with van der Waals surface area (Å²) in [5.74, 6) is 0. The first kappa shape index (κ1) is 15.0. The molecule has 0 spiro atoms. The Morgan fingerprint density at radius 2 is 2.14 bits per heavy atom. The van der Waals surface area contributed by atoms with Crippen molar-refractivity contribution in [3.05, 3.63) is 48.2 Å². The normalized spacial score (nSPS) is 17.5. The third kappa shape index (κ3) is 3.56. The van der Waals surface area contributed by atoms with Gasteiger partial charge < -0.3 is 21.7 Å². The zero-order chi connectivity index (χ0) is 15.2. The quantitative estimate of drug-likeness (QED) is 0.726. The maximum atomic E-state index is 11.0. The highest BCUT2D eigenvalue weighted by Gasteiger charge is 2.24. The van der Waals surface area contributed by atoms with Gasteiger partial charge in [-0.2, -0.15) is 0 Å². The molecule has 5 heteroatoms. The second-order valence-corrected chi connectivity index (χ2v) is 5.06. The van der Waals surface area contributed by atoms with Crippen LogP contribution in [0, 0.1) is 0 Å². The minimum Gasteiger partial charge on any atom is -0.397 e. The van der Waals surface area contributed by atoms with E-state index in [1.165, 1.54) is 5.57 Å². The summed E-state index contributed by atoms with van der Waals surface area (Å²) < 4.78 is 0. The molecule has 0 bridgehead atoms. The number of carbonyl (C=O) groups is 1. The van der Waals surface area contributed by atoms with E-state index in [1.807, 2.05) is 36.5 Å². The number of hydrogen-bond donors (Lipinski definition) is 3. The van der Waals surface area contributed by atoms with E-state index in [9.17, 15) is 4.79 Å². The van der Waals surface area contributed by atoms with Gasteiger partial charge in [0.15, 0.2) is 0 Å². The van der Waals surface area contributed by atoms with Gasteiger partial charge in [0, 0.05) is 12.7 Å². The number of nitrogens with two attached hydrogens (primary N) is 2. The van der Waals surface area contributed by atoms with Crippen LogP contribution in [0.4, 0.5) is 16.2 Å². The van der Waals surface area contributed by atoms with Crippen molar-refractivity contribution in [3.63, 3.8) is 0 Å². The van der Waals surface area contributed by atoms with E-state index in [2.05, 4.69) is 23.2 Å². The number of rotatable bonds is 5. The summed E-state index contributed by atoms with van der Waals surface area (Å²) in [6, 6.07) is 7.24. The molecule has 1 heterocycles. The SMILES string of the molecule is CCCC1=CC=CN(c2ccccc2N)C1CNC(N)=O. The van der Waals surface area contributed by atoms with Gasteiger partial charge >= 0.3 is 6.03 Å². The van der Waals surface area contributed by atoms with Crippen LogP contribution in [0.5, 0.6) is 0 Å². The van der Waals surface area contributed by atoms with E-state index < -0.39 is 6.03 Å². The number of hydrogen-bond acceptors (Lipinski definition) is 3. The summed E-state index contributed by atoms with van der Waals surface area (Å²) in [4.78, 5) is 13.1. The molecule has 112 valence electrons. The highest BCUT2D eigenvalue weighted by molar-refractivity contribution is 5.73. The van der Waals surface area contributed by atoms with Gasteiger partial charge in [0.1, 0.15) is 0 Å². The second kappa shape index (κ2) is 6.83. The maximum absolute atomic E-state index is 11.0. The first-order valence-corrected chi connectivity index (χ1v) is 7.17. The van der Waals surface area contributed by atoms with E-state index >= 15 is 0 Å². The molecule has 5 nitrogen and oxygen atoms in total. The highest BCUT2D eigenvalue weighted by atomic mass is 16.2. The molecule has 5 N–H and O–H groups in total. The second-order valence-electron chi connectivity index (χ2n) is 5.06. The Morgan fingerprint density at radius 3 is 2.81 bits per heavy atom. The van der Waals surface area contributed by atoms with E-state index in [-0.39, 0.29) is 6.04 Å². The van der Waals surface area contributed by atoms with E-state index in [4.69, 9.17) is 11.5 Å². The zero-order valence-electron chi connectivity index (χ0n) is 12.3. The molecule has 0 fully saturated rings. The van der Waals surface area contributed by atoms with Gasteiger partial charge in [-0.25, -0.2) is 4.79 Å². The van der Waals surface area contributed by atoms with Crippen LogP contribution in [-0.2, 0) is 0 Å². The molecule has 1 aliphatic heterocycles. The first-order chi connectivity index (χ1) is 10.1. The summed E-state index contributed by atoms with van der Waals surface area (Å²) in [6.07, 6.45) is 8.12. The Balaban J connectivity index is 2.29. The number of benzene rings is 1. The third-order valence-electron chi connectivity index (χ3n) is 3.54. The van der Waals surface area contributed by atoms with Gasteiger partial charge in [0.2, 0.25) is 0 Å². The van der Waals surface area contributed by atoms with Gasteiger partial charge in [-0.15, -0.1) is 0 Å². The Hall–Kier alpha value is -2.43. The number of amides is 2. The average Bonchev–Trinajstić information content (AvgIpc) is 2.46. The van der Waals surface area contributed by atoms with Crippen LogP contribution in [-0.4, -0.2) is 18.6 Å². The molecule has 1 unspecified atom stereocenters. The number of urea groups is 1. The number of nitrogens with one attached hydrogen (secondary N) is 1. The number of nitrogens with zero attached hydrogens (tertiary/aromatic N) is 1. The van der Waals surface area contributed by atoms with Crippen molar-refractivity contribution in [2.75, 3.05) is 17.2 Å². The lowest BCUT2D eigenvalue weighted by molar-refractivity contribution is 0.248. The molecular weight excluding hydrogens is 264 g/mol. The number of carbonyl (C=O) groups excluding carboxylic acids is 1. The molecule has 1 atom stereocenters. The molecule has 0 aliphatic carbocycles. The fourth-order valence-electron chi connectivity index (χ4n) is 2.59. The first-order valence-electron chi connectivity index (χ1n) is 7.17. The van der Waals surface area contributed by atoms with Crippen LogP contribution >= 0.6 is 0 Å². The van der Waals surface area contributed by atoms with Crippen molar-refractivity contribution >= 4 is 17.4 Å². The van der Waals surface area contributed by atoms with Gasteiger partial charge in [0.25, 0.3) is 0 Å². The van der Waals surface area contributed by atoms with Crippen molar-refractivity contribution in [1.29, 1.82) is 0 Å². The van der Waals surface area contributed by atoms with Crippen molar-refractivity contribution < 1.29 is 4.79 Å². The molecule has 0 radical (unpaired) electrons. The molecule has 0 aromatic heterocycles. The van der Waals surface area contributed by atoms with E-state index in [1.54, 1.807) is 0 Å². The number of primary amides is 1. The predicted octanol–water partition coefficient (Wildman–Crippen LogP) is 2.37. The fourth-order valence-corrected chi connectivity index (χ4v) is 2.59. The van der Waals surface area contributed by atoms with Gasteiger partial charge in [-0.05, 0) is 30.2 Å². The summed E-state index contributed by atoms with van der Waals surface area (Å²) in [5.41, 5.74) is 14.2. The highest BCUT2D eigenvalue weighted by Crippen LogP contribution is 2.30. The van der Waals surface area contributed by atoms with Gasteiger partial charge in [0.05, 0.1) is 17.4 Å². The van der Waals surface area contributed by atoms with Crippen LogP contribution in [0.25, 0.3) is 0 Å². The lowest BCUT2D eigenvalue weighted by Gasteiger charge is -2.35. The van der Waals surface area contributed by atoms with Gasteiger partial charge in [-0.1, -0.05) is 31.6 Å². The topological polar surface area (TPSA) is 84.4 Å². The van der Waals surface area contributed by atoms with Crippen LogP contribution in [0.1, 0.15) is 19.8 Å². The minimum atomic E-state index is -0.513. The van der Waals surface area contributed by atoms with E-state index in [0.29, 0.717) is 12.2 Å². The summed E-state index contributed by atoms with van der Waals surface area (Å²) in [5, 5.41) is 2.70. The van der Waals surface area contributed by atoms with Crippen LogP contribution in [0.15, 0.2) is 48.2 Å². The molecule has 2 rings (SSSR count). The predicted molar refractivity (Wildman–Crippen MR) is 86.8 cm³/mol. The zero-order valence-corrected chi connectivity index (χ0v) is 12.3. The Kier molecular flexibility index (Phi) is 4.87.